The molecule has 0 amide bonds. The van der Waals surface area contributed by atoms with E-state index < -0.39 is 0 Å². The minimum Gasteiger partial charge on any atom is -0.379 e. The van der Waals surface area contributed by atoms with Gasteiger partial charge in [-0.15, -0.1) is 0 Å². The number of hydrogen-bond acceptors (Lipinski definition) is 3. The highest BCUT2D eigenvalue weighted by Gasteiger charge is 2.11. The minimum atomic E-state index is 0.835. The molecule has 25 heavy (non-hydrogen) atoms. The van der Waals surface area contributed by atoms with Crippen molar-refractivity contribution >= 4 is 21.9 Å². The molecule has 1 fully saturated rings. The van der Waals surface area contributed by atoms with Crippen molar-refractivity contribution in [1.82, 2.24) is 19.7 Å². The van der Waals surface area contributed by atoms with Crippen molar-refractivity contribution in [3.05, 3.63) is 22.4 Å². The van der Waals surface area contributed by atoms with Crippen LogP contribution in [0.25, 0.3) is 0 Å². The summed E-state index contributed by atoms with van der Waals surface area (Å²) >= 11 is 3.54. The molecule has 0 atom stereocenters. The molecule has 1 aliphatic rings. The fourth-order valence-corrected chi connectivity index (χ4v) is 3.54. The molecule has 0 bridgehead atoms. The van der Waals surface area contributed by atoms with Gasteiger partial charge in [0, 0.05) is 56.6 Å². The maximum Gasteiger partial charge on any atom is 0.194 e. The Balaban J connectivity index is 1.77. The average molecular weight is 414 g/mol. The Kier molecular flexibility index (Phi) is 8.78. The van der Waals surface area contributed by atoms with Gasteiger partial charge in [0.25, 0.3) is 0 Å². The first-order valence-corrected chi connectivity index (χ1v) is 9.99. The van der Waals surface area contributed by atoms with Gasteiger partial charge >= 0.3 is 0 Å². The van der Waals surface area contributed by atoms with Gasteiger partial charge in [0.1, 0.15) is 0 Å². The van der Waals surface area contributed by atoms with E-state index in [0.717, 1.165) is 69.3 Å². The van der Waals surface area contributed by atoms with Gasteiger partial charge in [-0.2, -0.15) is 0 Å². The Hall–Kier alpha value is -1.05. The molecule has 1 aliphatic heterocycles. The Bertz CT molecular complexity index is 540. The van der Waals surface area contributed by atoms with Gasteiger partial charge in [0.15, 0.2) is 5.96 Å². The number of hydrogen-bond donors (Lipinski definition) is 1. The Morgan fingerprint density at radius 3 is 2.76 bits per heavy atom. The minimum absolute atomic E-state index is 0.835. The Morgan fingerprint density at radius 2 is 2.12 bits per heavy atom. The van der Waals surface area contributed by atoms with Crippen LogP contribution in [-0.4, -0.2) is 73.3 Å². The predicted molar refractivity (Wildman–Crippen MR) is 107 cm³/mol. The molecule has 0 unspecified atom stereocenters. The molecule has 142 valence electrons. The maximum absolute atomic E-state index is 5.39. The van der Waals surface area contributed by atoms with Crippen molar-refractivity contribution in [1.29, 1.82) is 0 Å². The lowest BCUT2D eigenvalue weighted by atomic mass is 10.3. The van der Waals surface area contributed by atoms with Crippen molar-refractivity contribution in [2.24, 2.45) is 12.0 Å². The van der Waals surface area contributed by atoms with E-state index in [1.165, 1.54) is 12.1 Å². The first-order chi connectivity index (χ1) is 12.1. The molecule has 7 heteroatoms. The molecule has 0 spiro atoms. The van der Waals surface area contributed by atoms with Crippen LogP contribution in [0.4, 0.5) is 0 Å². The summed E-state index contributed by atoms with van der Waals surface area (Å²) in [4.78, 5) is 9.47. The molecular weight excluding hydrogens is 382 g/mol. The van der Waals surface area contributed by atoms with E-state index in [4.69, 9.17) is 9.73 Å². The summed E-state index contributed by atoms with van der Waals surface area (Å²) in [7, 11) is 4.17. The van der Waals surface area contributed by atoms with E-state index in [1.54, 1.807) is 0 Å². The van der Waals surface area contributed by atoms with E-state index >= 15 is 0 Å². The summed E-state index contributed by atoms with van der Waals surface area (Å²) in [5.74, 6) is 0.978. The van der Waals surface area contributed by atoms with Crippen LogP contribution >= 0.6 is 15.9 Å². The van der Waals surface area contributed by atoms with Gasteiger partial charge in [0.2, 0.25) is 0 Å². The number of nitrogens with zero attached hydrogens (tertiary/aromatic N) is 4. The number of aryl methyl sites for hydroxylation is 1. The lowest BCUT2D eigenvalue weighted by Gasteiger charge is -2.26. The second-order valence-corrected chi connectivity index (χ2v) is 7.43. The van der Waals surface area contributed by atoms with E-state index in [9.17, 15) is 0 Å². The number of aliphatic imine (C=N–C) groups is 1. The van der Waals surface area contributed by atoms with Gasteiger partial charge in [0.05, 0.1) is 19.8 Å². The molecule has 0 aliphatic carbocycles. The van der Waals surface area contributed by atoms with Gasteiger partial charge in [-0.3, -0.25) is 9.89 Å². The van der Waals surface area contributed by atoms with Crippen LogP contribution in [0, 0.1) is 0 Å². The Labute approximate surface area is 160 Å². The molecule has 0 saturated carbocycles. The number of unbranched alkanes of at least 4 members (excludes halogenated alkanes) is 1. The van der Waals surface area contributed by atoms with Gasteiger partial charge in [-0.1, -0.05) is 0 Å². The molecule has 2 heterocycles. The molecular formula is C18H32BrN5O. The quantitative estimate of drug-likeness (QED) is 0.403. The number of aromatic nitrogens is 1. The summed E-state index contributed by atoms with van der Waals surface area (Å²) in [6.45, 7) is 9.75. The zero-order chi connectivity index (χ0) is 18.1. The third kappa shape index (κ3) is 6.99. The maximum atomic E-state index is 5.39. The van der Waals surface area contributed by atoms with Gasteiger partial charge in [-0.05, 0) is 48.3 Å². The van der Waals surface area contributed by atoms with Gasteiger partial charge in [-0.25, -0.2) is 0 Å². The molecule has 0 aromatic carbocycles. The van der Waals surface area contributed by atoms with Crippen molar-refractivity contribution in [2.45, 2.75) is 26.3 Å². The number of morpholine rings is 1. The van der Waals surface area contributed by atoms with Gasteiger partial charge < -0.3 is 19.5 Å². The highest BCUT2D eigenvalue weighted by atomic mass is 79.9. The fourth-order valence-electron chi connectivity index (χ4n) is 2.97. The lowest BCUT2D eigenvalue weighted by Crippen LogP contribution is -2.39. The normalized spacial score (nSPS) is 16.2. The third-order valence-corrected chi connectivity index (χ3v) is 4.85. The van der Waals surface area contributed by atoms with Crippen molar-refractivity contribution in [3.8, 4) is 0 Å². The summed E-state index contributed by atoms with van der Waals surface area (Å²) in [5.41, 5.74) is 1.26. The molecule has 6 nitrogen and oxygen atoms in total. The molecule has 1 aromatic heterocycles. The first kappa shape index (κ1) is 20.3. The fraction of sp³-hybridized carbons (Fsp3) is 0.722. The van der Waals surface area contributed by atoms with Crippen LogP contribution in [0.5, 0.6) is 0 Å². The van der Waals surface area contributed by atoms with Crippen LogP contribution < -0.4 is 5.32 Å². The second-order valence-electron chi connectivity index (χ2n) is 6.51. The van der Waals surface area contributed by atoms with E-state index in [-0.39, 0.29) is 0 Å². The second kappa shape index (κ2) is 10.8. The number of guanidine groups is 1. The summed E-state index contributed by atoms with van der Waals surface area (Å²) in [6, 6.07) is 2.16. The largest absolute Gasteiger partial charge is 0.379 e. The SMILES string of the molecule is CCNC(=NCCCCN1CCOCC1)N(C)Cc1cc(Br)cn1C. The third-order valence-electron chi connectivity index (χ3n) is 4.42. The van der Waals surface area contributed by atoms with Crippen LogP contribution in [-0.2, 0) is 18.3 Å². The molecule has 2 rings (SSSR count). The van der Waals surface area contributed by atoms with Crippen LogP contribution in [0.15, 0.2) is 21.7 Å². The van der Waals surface area contributed by atoms with Crippen molar-refractivity contribution < 1.29 is 4.74 Å². The number of halogens is 1. The molecule has 0 radical (unpaired) electrons. The summed E-state index contributed by atoms with van der Waals surface area (Å²) < 4.78 is 8.65. The standard InChI is InChI=1S/C18H32BrN5O/c1-4-20-18(23(3)15-17-13-16(19)14-22(17)2)21-7-5-6-8-24-9-11-25-12-10-24/h13-14H,4-12,15H2,1-3H3,(H,20,21). The topological polar surface area (TPSA) is 45.0 Å². The molecule has 1 N–H and O–H groups in total. The smallest absolute Gasteiger partial charge is 0.194 e. The first-order valence-electron chi connectivity index (χ1n) is 9.20. The zero-order valence-corrected chi connectivity index (χ0v) is 17.4. The highest BCUT2D eigenvalue weighted by Crippen LogP contribution is 2.15. The summed E-state index contributed by atoms with van der Waals surface area (Å²) in [5, 5.41) is 3.40. The van der Waals surface area contributed by atoms with Crippen molar-refractivity contribution in [2.75, 3.05) is 53.0 Å². The monoisotopic (exact) mass is 413 g/mol. The molecule has 1 aromatic rings. The van der Waals surface area contributed by atoms with Crippen molar-refractivity contribution in [3.63, 3.8) is 0 Å². The highest BCUT2D eigenvalue weighted by molar-refractivity contribution is 9.10. The number of ether oxygens (including phenoxy) is 1. The van der Waals surface area contributed by atoms with Crippen LogP contribution in [0.1, 0.15) is 25.5 Å². The Morgan fingerprint density at radius 1 is 1.36 bits per heavy atom. The predicted octanol–water partition coefficient (Wildman–Crippen LogP) is 2.30. The number of nitrogens with one attached hydrogen (secondary N) is 1. The summed E-state index contributed by atoms with van der Waals surface area (Å²) in [6.07, 6.45) is 4.39. The zero-order valence-electron chi connectivity index (χ0n) is 15.8. The van der Waals surface area contributed by atoms with Crippen LogP contribution in [0.2, 0.25) is 0 Å². The number of rotatable bonds is 8. The lowest BCUT2D eigenvalue weighted by molar-refractivity contribution is 0.0373. The average Bonchev–Trinajstić information content (AvgIpc) is 2.91. The molecule has 1 saturated heterocycles. The van der Waals surface area contributed by atoms with Crippen LogP contribution in [0.3, 0.4) is 0 Å². The van der Waals surface area contributed by atoms with E-state index in [1.807, 2.05) is 0 Å². The van der Waals surface area contributed by atoms with E-state index in [0.29, 0.717) is 0 Å². The van der Waals surface area contributed by atoms with E-state index in [2.05, 4.69) is 68.9 Å².